The van der Waals surface area contributed by atoms with E-state index in [-0.39, 0.29) is 6.04 Å². The first kappa shape index (κ1) is 11.4. The highest BCUT2D eigenvalue weighted by Gasteiger charge is 2.14. The summed E-state index contributed by atoms with van der Waals surface area (Å²) < 4.78 is 3.04. The van der Waals surface area contributed by atoms with Crippen molar-refractivity contribution in [3.63, 3.8) is 0 Å². The summed E-state index contributed by atoms with van der Waals surface area (Å²) in [6, 6.07) is 10.0. The highest BCUT2D eigenvalue weighted by molar-refractivity contribution is 7.18. The standard InChI is InChI=1S/C13H14N4S/c1-17-9(6-7-15-17)8-10(14)13-16-11-4-2-3-5-12(11)18-13/h2-7,10H,8,14H2,1H3. The molecule has 0 saturated heterocycles. The molecular weight excluding hydrogens is 244 g/mol. The molecule has 4 nitrogen and oxygen atoms in total. The first-order valence-electron chi connectivity index (χ1n) is 5.82. The van der Waals surface area contributed by atoms with Gasteiger partial charge in [-0.1, -0.05) is 12.1 Å². The van der Waals surface area contributed by atoms with Crippen molar-refractivity contribution in [1.82, 2.24) is 14.8 Å². The Morgan fingerprint density at radius 3 is 2.89 bits per heavy atom. The van der Waals surface area contributed by atoms with Crippen LogP contribution in [0.2, 0.25) is 0 Å². The van der Waals surface area contributed by atoms with Crippen molar-refractivity contribution in [3.8, 4) is 0 Å². The number of rotatable bonds is 3. The van der Waals surface area contributed by atoms with Crippen LogP contribution in [-0.2, 0) is 13.5 Å². The van der Waals surface area contributed by atoms with E-state index in [2.05, 4.69) is 16.1 Å². The fourth-order valence-electron chi connectivity index (χ4n) is 1.96. The predicted molar refractivity (Wildman–Crippen MR) is 73.5 cm³/mol. The second kappa shape index (κ2) is 4.51. The quantitative estimate of drug-likeness (QED) is 0.784. The molecular formula is C13H14N4S. The highest BCUT2D eigenvalue weighted by atomic mass is 32.1. The van der Waals surface area contributed by atoms with Crippen LogP contribution in [0.25, 0.3) is 10.2 Å². The minimum Gasteiger partial charge on any atom is -0.322 e. The van der Waals surface area contributed by atoms with E-state index >= 15 is 0 Å². The summed E-state index contributed by atoms with van der Waals surface area (Å²) in [6.07, 6.45) is 2.55. The smallest absolute Gasteiger partial charge is 0.111 e. The summed E-state index contributed by atoms with van der Waals surface area (Å²) in [5, 5.41) is 5.13. The monoisotopic (exact) mass is 258 g/mol. The predicted octanol–water partition coefficient (Wildman–Crippen LogP) is 2.27. The molecule has 2 aromatic heterocycles. The summed E-state index contributed by atoms with van der Waals surface area (Å²) in [5.74, 6) is 0. The first-order valence-corrected chi connectivity index (χ1v) is 6.63. The molecule has 18 heavy (non-hydrogen) atoms. The zero-order valence-electron chi connectivity index (χ0n) is 10.1. The Hall–Kier alpha value is -1.72. The molecule has 2 N–H and O–H groups in total. The summed E-state index contributed by atoms with van der Waals surface area (Å²) in [6.45, 7) is 0. The van der Waals surface area contributed by atoms with Gasteiger partial charge in [0.05, 0.1) is 16.3 Å². The second-order valence-corrected chi connectivity index (χ2v) is 5.34. The van der Waals surface area contributed by atoms with Gasteiger partial charge in [0.1, 0.15) is 5.01 Å². The zero-order valence-corrected chi connectivity index (χ0v) is 10.9. The third-order valence-electron chi connectivity index (χ3n) is 2.98. The molecule has 92 valence electrons. The minimum absolute atomic E-state index is 0.0715. The average Bonchev–Trinajstić information content (AvgIpc) is 2.96. The summed E-state index contributed by atoms with van der Waals surface area (Å²) in [5.41, 5.74) is 8.38. The van der Waals surface area contributed by atoms with Gasteiger partial charge in [0.25, 0.3) is 0 Å². The van der Waals surface area contributed by atoms with E-state index in [4.69, 9.17) is 5.73 Å². The normalized spacial score (nSPS) is 13.0. The van der Waals surface area contributed by atoms with Gasteiger partial charge in [-0.05, 0) is 18.2 Å². The van der Waals surface area contributed by atoms with Crippen molar-refractivity contribution in [1.29, 1.82) is 0 Å². The van der Waals surface area contributed by atoms with Crippen molar-refractivity contribution in [2.24, 2.45) is 12.8 Å². The molecule has 1 atom stereocenters. The van der Waals surface area contributed by atoms with Gasteiger partial charge < -0.3 is 5.73 Å². The molecule has 3 aromatic rings. The van der Waals surface area contributed by atoms with Crippen molar-refractivity contribution in [2.75, 3.05) is 0 Å². The number of aromatic nitrogens is 3. The molecule has 1 aromatic carbocycles. The molecule has 5 heteroatoms. The topological polar surface area (TPSA) is 56.7 Å². The summed E-state index contributed by atoms with van der Waals surface area (Å²) >= 11 is 1.67. The lowest BCUT2D eigenvalue weighted by Gasteiger charge is -2.08. The van der Waals surface area contributed by atoms with Gasteiger partial charge in [-0.25, -0.2) is 4.98 Å². The maximum Gasteiger partial charge on any atom is 0.111 e. The Morgan fingerprint density at radius 2 is 2.17 bits per heavy atom. The van der Waals surface area contributed by atoms with E-state index in [1.54, 1.807) is 17.5 Å². The van der Waals surface area contributed by atoms with Crippen LogP contribution < -0.4 is 5.73 Å². The van der Waals surface area contributed by atoms with Gasteiger partial charge in [0.2, 0.25) is 0 Å². The number of thiazole rings is 1. The lowest BCUT2D eigenvalue weighted by Crippen LogP contribution is -2.15. The maximum atomic E-state index is 6.23. The third kappa shape index (κ3) is 2.02. The van der Waals surface area contributed by atoms with Crippen molar-refractivity contribution >= 4 is 21.6 Å². The number of nitrogens with two attached hydrogens (primary N) is 1. The summed E-state index contributed by atoms with van der Waals surface area (Å²) in [7, 11) is 1.93. The lowest BCUT2D eigenvalue weighted by molar-refractivity contribution is 0.640. The second-order valence-electron chi connectivity index (χ2n) is 4.28. The Kier molecular flexibility index (Phi) is 2.85. The van der Waals surface area contributed by atoms with Gasteiger partial charge in [0.15, 0.2) is 0 Å². The molecule has 3 rings (SSSR count). The lowest BCUT2D eigenvalue weighted by atomic mass is 10.2. The molecule has 2 heterocycles. The third-order valence-corrected chi connectivity index (χ3v) is 4.15. The fourth-order valence-corrected chi connectivity index (χ4v) is 2.93. The van der Waals surface area contributed by atoms with E-state index < -0.39 is 0 Å². The van der Waals surface area contributed by atoms with Gasteiger partial charge >= 0.3 is 0 Å². The number of nitrogens with zero attached hydrogens (tertiary/aromatic N) is 3. The fraction of sp³-hybridized carbons (Fsp3) is 0.231. The molecule has 0 saturated carbocycles. The van der Waals surface area contributed by atoms with Crippen LogP contribution in [0.3, 0.4) is 0 Å². The zero-order chi connectivity index (χ0) is 12.5. The maximum absolute atomic E-state index is 6.23. The van der Waals surface area contributed by atoms with Gasteiger partial charge in [-0.15, -0.1) is 11.3 Å². The molecule has 0 radical (unpaired) electrons. The number of aryl methyl sites for hydroxylation is 1. The Bertz CT molecular complexity index is 637. The molecule has 0 aliphatic heterocycles. The van der Waals surface area contributed by atoms with Crippen LogP contribution in [0.15, 0.2) is 36.5 Å². The number of hydrogen-bond acceptors (Lipinski definition) is 4. The van der Waals surface area contributed by atoms with E-state index in [0.717, 1.165) is 22.6 Å². The Balaban J connectivity index is 1.88. The molecule has 0 bridgehead atoms. The number of benzene rings is 1. The van der Waals surface area contributed by atoms with Crippen molar-refractivity contribution < 1.29 is 0 Å². The summed E-state index contributed by atoms with van der Waals surface area (Å²) in [4.78, 5) is 4.59. The minimum atomic E-state index is -0.0715. The van der Waals surface area contributed by atoms with Crippen LogP contribution >= 0.6 is 11.3 Å². The van der Waals surface area contributed by atoms with Crippen LogP contribution in [-0.4, -0.2) is 14.8 Å². The average molecular weight is 258 g/mol. The molecule has 0 aliphatic carbocycles. The Labute approximate surface area is 109 Å². The number of hydrogen-bond donors (Lipinski definition) is 1. The SMILES string of the molecule is Cn1nccc1CC(N)c1nc2ccccc2s1. The van der Waals surface area contributed by atoms with Crippen molar-refractivity contribution in [2.45, 2.75) is 12.5 Å². The van der Waals surface area contributed by atoms with Crippen molar-refractivity contribution in [3.05, 3.63) is 47.2 Å². The number of fused-ring (bicyclic) bond motifs is 1. The molecule has 1 unspecified atom stereocenters. The van der Waals surface area contributed by atoms with E-state index in [1.807, 2.05) is 36.0 Å². The van der Waals surface area contributed by atoms with Crippen LogP contribution in [0.1, 0.15) is 16.7 Å². The largest absolute Gasteiger partial charge is 0.322 e. The molecule has 0 spiro atoms. The van der Waals surface area contributed by atoms with E-state index in [0.29, 0.717) is 0 Å². The van der Waals surface area contributed by atoms with Gasteiger partial charge in [0, 0.05) is 25.4 Å². The van der Waals surface area contributed by atoms with E-state index in [9.17, 15) is 0 Å². The Morgan fingerprint density at radius 1 is 1.33 bits per heavy atom. The van der Waals surface area contributed by atoms with Crippen LogP contribution in [0, 0.1) is 0 Å². The van der Waals surface area contributed by atoms with E-state index in [1.165, 1.54) is 4.70 Å². The molecule has 0 amide bonds. The number of para-hydroxylation sites is 1. The van der Waals surface area contributed by atoms with Gasteiger partial charge in [-0.3, -0.25) is 4.68 Å². The highest BCUT2D eigenvalue weighted by Crippen LogP contribution is 2.26. The van der Waals surface area contributed by atoms with Crippen LogP contribution in [0.4, 0.5) is 0 Å². The van der Waals surface area contributed by atoms with Crippen LogP contribution in [0.5, 0.6) is 0 Å². The van der Waals surface area contributed by atoms with Gasteiger partial charge in [-0.2, -0.15) is 5.10 Å². The first-order chi connectivity index (χ1) is 8.74. The molecule has 0 fully saturated rings. The molecule has 0 aliphatic rings.